The van der Waals surface area contributed by atoms with E-state index in [1.807, 2.05) is 0 Å². The average Bonchev–Trinajstić information content (AvgIpc) is 3.12. The quantitative estimate of drug-likeness (QED) is 0.327. The number of rotatable bonds is 7. The van der Waals surface area contributed by atoms with E-state index in [1.165, 1.54) is 0 Å². The van der Waals surface area contributed by atoms with Crippen LogP contribution < -0.4 is 5.32 Å². The summed E-state index contributed by atoms with van der Waals surface area (Å²) in [6, 6.07) is 0. The van der Waals surface area contributed by atoms with Crippen molar-refractivity contribution >= 4 is 16.0 Å². The average molecular weight is 516 g/mol. The Kier molecular flexibility index (Phi) is 7.69. The summed E-state index contributed by atoms with van der Waals surface area (Å²) in [6.07, 6.45) is 5.67. The summed E-state index contributed by atoms with van der Waals surface area (Å²) in [5.41, 5.74) is -0.254. The molecule has 35 heavy (non-hydrogen) atoms. The molecule has 202 valence electrons. The molecule has 0 saturated heterocycles. The summed E-state index contributed by atoms with van der Waals surface area (Å²) in [7, 11) is -4.10. The van der Waals surface area contributed by atoms with Gasteiger partial charge in [0, 0.05) is 13.0 Å². The van der Waals surface area contributed by atoms with Crippen LogP contribution in [0.5, 0.6) is 0 Å². The summed E-state index contributed by atoms with van der Waals surface area (Å²) < 4.78 is 30.5. The number of hydrogen-bond acceptors (Lipinski definition) is 6. The van der Waals surface area contributed by atoms with Crippen LogP contribution >= 0.6 is 0 Å². The van der Waals surface area contributed by atoms with Crippen molar-refractivity contribution in [3.8, 4) is 0 Å². The van der Waals surface area contributed by atoms with E-state index in [0.717, 1.165) is 38.5 Å². The van der Waals surface area contributed by atoms with Crippen molar-refractivity contribution in [2.45, 2.75) is 96.9 Å². The van der Waals surface area contributed by atoms with Gasteiger partial charge in [-0.15, -0.1) is 0 Å². The van der Waals surface area contributed by atoms with E-state index in [1.54, 1.807) is 0 Å². The van der Waals surface area contributed by atoms with E-state index < -0.39 is 28.1 Å². The molecule has 4 aliphatic carbocycles. The fourth-order valence-electron chi connectivity index (χ4n) is 9.10. The van der Waals surface area contributed by atoms with Gasteiger partial charge in [0.1, 0.15) is 0 Å². The van der Waals surface area contributed by atoms with Gasteiger partial charge in [-0.1, -0.05) is 20.8 Å². The Morgan fingerprint density at radius 3 is 2.46 bits per heavy atom. The molecule has 4 fully saturated rings. The number of carbonyl (C=O) groups is 1. The summed E-state index contributed by atoms with van der Waals surface area (Å²) in [5, 5.41) is 35.8. The van der Waals surface area contributed by atoms with Crippen LogP contribution in [0.1, 0.15) is 78.6 Å². The van der Waals surface area contributed by atoms with Crippen molar-refractivity contribution in [3.05, 3.63) is 0 Å². The molecule has 1 amide bonds. The molecule has 0 aliphatic heterocycles. The Bertz CT molecular complexity index is 896. The highest BCUT2D eigenvalue weighted by molar-refractivity contribution is 7.85. The molecule has 5 N–H and O–H groups in total. The van der Waals surface area contributed by atoms with E-state index >= 15 is 0 Å². The zero-order valence-electron chi connectivity index (χ0n) is 21.4. The molecule has 0 aromatic carbocycles. The molecule has 0 spiro atoms. The summed E-state index contributed by atoms with van der Waals surface area (Å²) >= 11 is 0. The smallest absolute Gasteiger partial charge is 0.266 e. The van der Waals surface area contributed by atoms with Gasteiger partial charge in [-0.05, 0) is 97.7 Å². The van der Waals surface area contributed by atoms with Crippen molar-refractivity contribution < 1.29 is 33.1 Å². The number of aliphatic hydroxyl groups excluding tert-OH is 3. The molecule has 0 bridgehead atoms. The van der Waals surface area contributed by atoms with Gasteiger partial charge in [0.2, 0.25) is 5.91 Å². The Hall–Kier alpha value is -0.740. The Balaban J connectivity index is 1.43. The Morgan fingerprint density at radius 2 is 1.77 bits per heavy atom. The minimum absolute atomic E-state index is 0.0509. The number of nitrogens with one attached hydrogen (secondary N) is 1. The maximum absolute atomic E-state index is 12.2. The van der Waals surface area contributed by atoms with Crippen molar-refractivity contribution in [2.75, 3.05) is 12.3 Å². The highest BCUT2D eigenvalue weighted by Crippen LogP contribution is 2.68. The zero-order valence-corrected chi connectivity index (χ0v) is 22.2. The monoisotopic (exact) mass is 515 g/mol. The van der Waals surface area contributed by atoms with Crippen LogP contribution in [0, 0.1) is 46.3 Å². The highest BCUT2D eigenvalue weighted by atomic mass is 32.2. The molecule has 0 aromatic rings. The topological polar surface area (TPSA) is 144 Å². The molecule has 4 saturated carbocycles. The fraction of sp³-hybridized carbons (Fsp3) is 0.962. The third-order valence-electron chi connectivity index (χ3n) is 11.0. The van der Waals surface area contributed by atoms with Gasteiger partial charge < -0.3 is 20.6 Å². The van der Waals surface area contributed by atoms with Crippen LogP contribution in [0.25, 0.3) is 0 Å². The first kappa shape index (κ1) is 27.3. The number of carbonyl (C=O) groups excluding carboxylic acids is 1. The van der Waals surface area contributed by atoms with Crippen LogP contribution in [-0.4, -0.2) is 64.8 Å². The molecule has 0 aromatic heterocycles. The van der Waals surface area contributed by atoms with E-state index in [4.69, 9.17) is 4.55 Å². The van der Waals surface area contributed by atoms with Crippen LogP contribution in [0.2, 0.25) is 0 Å². The lowest BCUT2D eigenvalue weighted by molar-refractivity contribution is -0.207. The maximum Gasteiger partial charge on any atom is 0.266 e. The molecule has 0 unspecified atom stereocenters. The van der Waals surface area contributed by atoms with Gasteiger partial charge in [0.25, 0.3) is 10.1 Å². The van der Waals surface area contributed by atoms with Crippen LogP contribution in [0.4, 0.5) is 0 Å². The largest absolute Gasteiger partial charge is 0.393 e. The molecule has 4 rings (SSSR count). The lowest BCUT2D eigenvalue weighted by atomic mass is 9.43. The molecule has 9 heteroatoms. The molecule has 8 nitrogen and oxygen atoms in total. The van der Waals surface area contributed by atoms with Crippen LogP contribution in [0.3, 0.4) is 0 Å². The number of hydrogen-bond donors (Lipinski definition) is 5. The maximum atomic E-state index is 12.2. The van der Waals surface area contributed by atoms with Crippen LogP contribution in [-0.2, 0) is 14.9 Å². The van der Waals surface area contributed by atoms with Crippen molar-refractivity contribution in [2.24, 2.45) is 46.3 Å². The third-order valence-corrected chi connectivity index (χ3v) is 11.7. The Labute approximate surface area is 210 Å². The van der Waals surface area contributed by atoms with Gasteiger partial charge in [-0.25, -0.2) is 0 Å². The molecule has 4 aliphatic rings. The Morgan fingerprint density at radius 1 is 1.06 bits per heavy atom. The predicted molar refractivity (Wildman–Crippen MR) is 132 cm³/mol. The first-order chi connectivity index (χ1) is 16.3. The second-order valence-electron chi connectivity index (χ2n) is 12.7. The van der Waals surface area contributed by atoms with E-state index in [9.17, 15) is 28.5 Å². The molecule has 0 radical (unpaired) electrons. The van der Waals surface area contributed by atoms with E-state index in [-0.39, 0.29) is 65.4 Å². The summed E-state index contributed by atoms with van der Waals surface area (Å²) in [4.78, 5) is 12.2. The predicted octanol–water partition coefficient (Wildman–Crippen LogP) is 2.37. The number of aliphatic hydroxyl groups is 3. The first-order valence-electron chi connectivity index (χ1n) is 13.5. The fourth-order valence-corrected chi connectivity index (χ4v) is 9.46. The van der Waals surface area contributed by atoms with Crippen molar-refractivity contribution in [3.63, 3.8) is 0 Å². The third kappa shape index (κ3) is 5.05. The van der Waals surface area contributed by atoms with Gasteiger partial charge in [0.15, 0.2) is 0 Å². The number of fused-ring (bicyclic) bond motifs is 5. The normalized spacial score (nSPS) is 46.3. The second kappa shape index (κ2) is 9.86. The van der Waals surface area contributed by atoms with Gasteiger partial charge >= 0.3 is 0 Å². The van der Waals surface area contributed by atoms with E-state index in [0.29, 0.717) is 18.8 Å². The number of amides is 1. The van der Waals surface area contributed by atoms with Gasteiger partial charge in [-0.3, -0.25) is 9.35 Å². The minimum atomic E-state index is -4.10. The van der Waals surface area contributed by atoms with Crippen LogP contribution in [0.15, 0.2) is 0 Å². The molecular formula is C26H45NO7S. The summed E-state index contributed by atoms with van der Waals surface area (Å²) in [6.45, 7) is 6.56. The van der Waals surface area contributed by atoms with Gasteiger partial charge in [0.05, 0.1) is 24.1 Å². The van der Waals surface area contributed by atoms with Gasteiger partial charge in [-0.2, -0.15) is 8.42 Å². The van der Waals surface area contributed by atoms with Crippen molar-refractivity contribution in [1.82, 2.24) is 5.32 Å². The van der Waals surface area contributed by atoms with E-state index in [2.05, 4.69) is 26.1 Å². The highest BCUT2D eigenvalue weighted by Gasteiger charge is 2.65. The summed E-state index contributed by atoms with van der Waals surface area (Å²) in [5.74, 6) is 0.705. The molecule has 0 heterocycles. The minimum Gasteiger partial charge on any atom is -0.393 e. The second-order valence-corrected chi connectivity index (χ2v) is 14.2. The van der Waals surface area contributed by atoms with Crippen molar-refractivity contribution in [1.29, 1.82) is 0 Å². The lowest BCUT2D eigenvalue weighted by Gasteiger charge is -2.63. The molecular weight excluding hydrogens is 470 g/mol. The zero-order chi connectivity index (χ0) is 25.8. The standard InChI is InChI=1S/C26H45NO7S/c1-15(4-7-23(31)27-10-11-35(32,33)34)18-5-6-19-24-20(14-22(30)26(18,19)3)25(2)9-8-17(28)12-16(25)13-21(24)29/h15-22,24,28-30H,4-14H2,1-3H3,(H,27,31)(H,32,33,34)/t15-,16-,17-,18+,19-,20+,21-,22+,24-,25-,26-/m1/s1. The first-order valence-corrected chi connectivity index (χ1v) is 15.1. The lowest BCUT2D eigenvalue weighted by Crippen LogP contribution is -2.62. The SMILES string of the molecule is C[C@H](CCC(=O)NCCS(=O)(=O)O)[C@@H]1CC[C@@H]2[C@H]3[C@H](O)C[C@H]4C[C@H](O)CC[C@@]4(C)[C@H]3C[C@H](O)[C@@]21C. The molecule has 11 atom stereocenters.